The second-order valence-corrected chi connectivity index (χ2v) is 11.1. The van der Waals surface area contributed by atoms with Gasteiger partial charge in [-0.05, 0) is 87.0 Å². The largest absolute Gasteiger partial charge is 0.372 e. The average Bonchev–Trinajstić information content (AvgIpc) is 3.38. The van der Waals surface area contributed by atoms with Crippen LogP contribution in [0.5, 0.6) is 0 Å². The normalized spacial score (nSPS) is 15.2. The molecule has 3 heterocycles. The molecule has 2 aliphatic heterocycles. The Hall–Kier alpha value is -4.88. The summed E-state index contributed by atoms with van der Waals surface area (Å²) in [6, 6.07) is 34.7. The summed E-state index contributed by atoms with van der Waals surface area (Å²) < 4.78 is 1.94. The maximum absolute atomic E-state index is 6.36. The molecule has 0 amide bonds. The topological polar surface area (TPSA) is 61.0 Å². The Morgan fingerprint density at radius 3 is 2.23 bits per heavy atom. The van der Waals surface area contributed by atoms with Gasteiger partial charge < -0.3 is 15.1 Å². The van der Waals surface area contributed by atoms with Gasteiger partial charge in [-0.3, -0.25) is 0 Å². The van der Waals surface area contributed by atoms with Gasteiger partial charge in [0, 0.05) is 35.1 Å². The third-order valence-corrected chi connectivity index (χ3v) is 8.34. The summed E-state index contributed by atoms with van der Waals surface area (Å²) in [6.07, 6.45) is 0. The van der Waals surface area contributed by atoms with E-state index in [1.807, 2.05) is 53.2 Å². The van der Waals surface area contributed by atoms with Gasteiger partial charge in [0.2, 0.25) is 0 Å². The van der Waals surface area contributed by atoms with Crippen LogP contribution in [-0.2, 0) is 0 Å². The minimum absolute atomic E-state index is 0.198. The fourth-order valence-electron chi connectivity index (χ4n) is 5.99. The SMILES string of the molecule is CCN(CC)c1ccc(NC2=Nc3ccccc3N3C2=Nc2c(c(C)nn2-c2ccccc2)C3c2ccc(Cl)cc2)cc1. The third-order valence-electron chi connectivity index (χ3n) is 8.08. The van der Waals surface area contributed by atoms with Gasteiger partial charge in [-0.25, -0.2) is 14.7 Å². The number of halogens is 1. The Morgan fingerprint density at radius 2 is 1.51 bits per heavy atom. The number of aliphatic imine (C=N–C) groups is 2. The molecule has 43 heavy (non-hydrogen) atoms. The molecule has 5 aromatic rings. The Labute approximate surface area is 256 Å². The fraction of sp³-hybridized carbons (Fsp3) is 0.171. The molecular weight excluding hydrogens is 554 g/mol. The van der Waals surface area contributed by atoms with Crippen molar-refractivity contribution < 1.29 is 0 Å². The molecule has 0 saturated carbocycles. The second kappa shape index (κ2) is 11.1. The Kier molecular flexibility index (Phi) is 6.95. The van der Waals surface area contributed by atoms with Crippen molar-refractivity contribution >= 4 is 51.8 Å². The number of rotatable bonds is 6. The maximum Gasteiger partial charge on any atom is 0.179 e. The minimum atomic E-state index is -0.198. The van der Waals surface area contributed by atoms with E-state index in [0.29, 0.717) is 10.9 Å². The van der Waals surface area contributed by atoms with Crippen molar-refractivity contribution in [3.05, 3.63) is 125 Å². The van der Waals surface area contributed by atoms with Crippen LogP contribution in [0.1, 0.15) is 36.7 Å². The van der Waals surface area contributed by atoms with Crippen molar-refractivity contribution in [1.29, 1.82) is 0 Å². The number of anilines is 3. The zero-order valence-electron chi connectivity index (χ0n) is 24.4. The zero-order valence-corrected chi connectivity index (χ0v) is 25.1. The molecule has 2 aliphatic rings. The van der Waals surface area contributed by atoms with E-state index in [9.17, 15) is 0 Å². The highest BCUT2D eigenvalue weighted by Gasteiger charge is 2.41. The molecule has 1 unspecified atom stereocenters. The molecule has 1 atom stereocenters. The molecule has 4 aromatic carbocycles. The number of aromatic nitrogens is 2. The number of nitrogens with zero attached hydrogens (tertiary/aromatic N) is 6. The highest BCUT2D eigenvalue weighted by Crippen LogP contribution is 2.48. The van der Waals surface area contributed by atoms with Crippen molar-refractivity contribution in [3.63, 3.8) is 0 Å². The van der Waals surface area contributed by atoms with E-state index in [0.717, 1.165) is 64.3 Å². The molecule has 214 valence electrons. The molecule has 0 saturated heterocycles. The number of fused-ring (bicyclic) bond motifs is 4. The molecule has 7 rings (SSSR count). The highest BCUT2D eigenvalue weighted by atomic mass is 35.5. The van der Waals surface area contributed by atoms with Gasteiger partial charge in [0.1, 0.15) is 0 Å². The molecule has 7 nitrogen and oxygen atoms in total. The number of amidine groups is 2. The molecule has 0 bridgehead atoms. The fourth-order valence-corrected chi connectivity index (χ4v) is 6.11. The van der Waals surface area contributed by atoms with Crippen LogP contribution in [-0.4, -0.2) is 34.5 Å². The van der Waals surface area contributed by atoms with Crippen LogP contribution in [0.2, 0.25) is 5.02 Å². The summed E-state index contributed by atoms with van der Waals surface area (Å²) in [4.78, 5) is 15.0. The van der Waals surface area contributed by atoms with Crippen molar-refractivity contribution in [1.82, 2.24) is 9.78 Å². The predicted octanol–water partition coefficient (Wildman–Crippen LogP) is 8.48. The summed E-state index contributed by atoms with van der Waals surface area (Å²) in [5, 5.41) is 9.32. The van der Waals surface area contributed by atoms with Crippen LogP contribution >= 0.6 is 11.6 Å². The quantitative estimate of drug-likeness (QED) is 0.217. The summed E-state index contributed by atoms with van der Waals surface area (Å²) >= 11 is 6.36. The van der Waals surface area contributed by atoms with Crippen LogP contribution in [0.25, 0.3) is 5.69 Å². The predicted molar refractivity (Wildman–Crippen MR) is 178 cm³/mol. The van der Waals surface area contributed by atoms with Gasteiger partial charge in [-0.2, -0.15) is 5.10 Å². The molecule has 0 aliphatic carbocycles. The van der Waals surface area contributed by atoms with Gasteiger partial charge in [0.25, 0.3) is 0 Å². The average molecular weight is 586 g/mol. The Balaban J connectivity index is 1.42. The van der Waals surface area contributed by atoms with E-state index >= 15 is 0 Å². The van der Waals surface area contributed by atoms with E-state index in [-0.39, 0.29) is 6.04 Å². The standard InChI is InChI=1S/C35H32ClN7/c1-4-41(5-2)27-21-19-26(20-22-27)37-33-35-39-34-31(23(3)40-43(34)28-11-7-6-8-12-28)32(24-15-17-25(36)18-16-24)42(35)30-14-10-9-13-29(30)38-33/h6-22,32H,4-5H2,1-3H3,(H,37,38). The molecule has 0 radical (unpaired) electrons. The molecule has 8 heteroatoms. The minimum Gasteiger partial charge on any atom is -0.372 e. The smallest absolute Gasteiger partial charge is 0.179 e. The van der Waals surface area contributed by atoms with Crippen molar-refractivity contribution in [3.8, 4) is 5.69 Å². The molecule has 1 aromatic heterocycles. The first kappa shape index (κ1) is 27.0. The van der Waals surface area contributed by atoms with E-state index in [1.54, 1.807) is 0 Å². The van der Waals surface area contributed by atoms with Gasteiger partial charge >= 0.3 is 0 Å². The second-order valence-electron chi connectivity index (χ2n) is 10.6. The van der Waals surface area contributed by atoms with Crippen LogP contribution in [0.15, 0.2) is 113 Å². The van der Waals surface area contributed by atoms with E-state index < -0.39 is 0 Å². The van der Waals surface area contributed by atoms with Crippen LogP contribution in [0, 0.1) is 6.92 Å². The van der Waals surface area contributed by atoms with Crippen molar-refractivity contribution in [2.75, 3.05) is 28.2 Å². The molecular formula is C35H32ClN7. The van der Waals surface area contributed by atoms with Gasteiger partial charge in [0.15, 0.2) is 17.5 Å². The number of aryl methyl sites for hydroxylation is 1. The summed E-state index contributed by atoms with van der Waals surface area (Å²) in [6.45, 7) is 8.32. The lowest BCUT2D eigenvalue weighted by Gasteiger charge is -2.40. The number of nitrogens with one attached hydrogen (secondary N) is 1. The van der Waals surface area contributed by atoms with Crippen LogP contribution in [0.4, 0.5) is 28.6 Å². The Bertz CT molecular complexity index is 1840. The van der Waals surface area contributed by atoms with Crippen LogP contribution < -0.4 is 15.1 Å². The molecule has 0 fully saturated rings. The van der Waals surface area contributed by atoms with Gasteiger partial charge in [-0.15, -0.1) is 0 Å². The van der Waals surface area contributed by atoms with Gasteiger partial charge in [-0.1, -0.05) is 54.1 Å². The van der Waals surface area contributed by atoms with Gasteiger partial charge in [0.05, 0.1) is 28.8 Å². The Morgan fingerprint density at radius 1 is 0.814 bits per heavy atom. The number of para-hydroxylation sites is 3. The molecule has 1 N–H and O–H groups in total. The lowest BCUT2D eigenvalue weighted by Crippen LogP contribution is -2.46. The number of benzene rings is 4. The summed E-state index contributed by atoms with van der Waals surface area (Å²) in [5.41, 5.74) is 8.01. The van der Waals surface area contributed by atoms with Crippen LogP contribution in [0.3, 0.4) is 0 Å². The third kappa shape index (κ3) is 4.76. The summed E-state index contributed by atoms with van der Waals surface area (Å²) in [5.74, 6) is 2.20. The van der Waals surface area contributed by atoms with E-state index in [1.165, 1.54) is 5.69 Å². The molecule has 0 spiro atoms. The van der Waals surface area contributed by atoms with E-state index in [2.05, 4.69) is 90.5 Å². The summed E-state index contributed by atoms with van der Waals surface area (Å²) in [7, 11) is 0. The first-order chi connectivity index (χ1) is 21.1. The van der Waals surface area contributed by atoms with Crippen molar-refractivity contribution in [2.24, 2.45) is 9.98 Å². The number of hydrogen-bond acceptors (Lipinski definition) is 6. The lowest BCUT2D eigenvalue weighted by molar-refractivity contribution is 0.815. The van der Waals surface area contributed by atoms with Crippen molar-refractivity contribution in [2.45, 2.75) is 26.8 Å². The highest BCUT2D eigenvalue weighted by molar-refractivity contribution is 6.51. The lowest BCUT2D eigenvalue weighted by atomic mass is 9.93. The zero-order chi connectivity index (χ0) is 29.5. The number of hydrogen-bond donors (Lipinski definition) is 1. The first-order valence-corrected chi connectivity index (χ1v) is 15.0. The maximum atomic E-state index is 6.36. The van der Waals surface area contributed by atoms with E-state index in [4.69, 9.17) is 26.7 Å². The monoisotopic (exact) mass is 585 g/mol. The first-order valence-electron chi connectivity index (χ1n) is 14.6.